The molecule has 2 rings (SSSR count). The second kappa shape index (κ2) is 4.15. The fourth-order valence-corrected chi connectivity index (χ4v) is 2.22. The summed E-state index contributed by atoms with van der Waals surface area (Å²) in [6, 6.07) is 0. The maximum Gasteiger partial charge on any atom is 0.212 e. The minimum Gasteiger partial charge on any atom is -0.342 e. The van der Waals surface area contributed by atoms with Crippen LogP contribution in [0.3, 0.4) is 0 Å². The fourth-order valence-electron chi connectivity index (χ4n) is 2.22. The second-order valence-corrected chi connectivity index (χ2v) is 4.58. The predicted octanol–water partition coefficient (Wildman–Crippen LogP) is 2.83. The topological polar surface area (TPSA) is 30.8 Å². The van der Waals surface area contributed by atoms with Crippen molar-refractivity contribution in [1.82, 2.24) is 0 Å². The summed E-state index contributed by atoms with van der Waals surface area (Å²) >= 11 is 0. The van der Waals surface area contributed by atoms with Crippen LogP contribution in [0.4, 0.5) is 0 Å². The van der Waals surface area contributed by atoms with Crippen LogP contribution < -0.4 is 0 Å². The Balaban J connectivity index is 2.32. The summed E-state index contributed by atoms with van der Waals surface area (Å²) in [5.74, 6) is -0.576. The first-order valence-electron chi connectivity index (χ1n) is 5.77. The van der Waals surface area contributed by atoms with Crippen molar-refractivity contribution in [3.05, 3.63) is 23.9 Å². The average Bonchev–Trinajstić information content (AvgIpc) is 2.77. The van der Waals surface area contributed by atoms with E-state index in [1.54, 1.807) is 6.08 Å². The van der Waals surface area contributed by atoms with Crippen LogP contribution in [0.25, 0.3) is 0 Å². The Hall–Kier alpha value is -0.930. The molecule has 2 aliphatic rings. The largest absolute Gasteiger partial charge is 0.342 e. The van der Waals surface area contributed by atoms with Crippen LogP contribution in [0.5, 0.6) is 0 Å². The predicted molar refractivity (Wildman–Crippen MR) is 64.5 cm³/mol. The lowest BCUT2D eigenvalue weighted by Gasteiger charge is -2.24. The van der Waals surface area contributed by atoms with Gasteiger partial charge in [-0.3, -0.25) is 4.99 Å². The Morgan fingerprint density at radius 2 is 2.38 bits per heavy atom. The van der Waals surface area contributed by atoms with Crippen LogP contribution in [0.15, 0.2) is 28.9 Å². The third-order valence-corrected chi connectivity index (χ3v) is 3.12. The molecule has 3 heteroatoms. The van der Waals surface area contributed by atoms with Crippen LogP contribution in [0.1, 0.15) is 33.6 Å². The van der Waals surface area contributed by atoms with Gasteiger partial charge in [-0.2, -0.15) is 0 Å². The molecule has 1 fully saturated rings. The van der Waals surface area contributed by atoms with Crippen molar-refractivity contribution in [2.24, 2.45) is 4.99 Å². The van der Waals surface area contributed by atoms with E-state index in [2.05, 4.69) is 18.5 Å². The van der Waals surface area contributed by atoms with Crippen LogP contribution >= 0.6 is 0 Å². The van der Waals surface area contributed by atoms with E-state index in [9.17, 15) is 0 Å². The maximum atomic E-state index is 5.92. The van der Waals surface area contributed by atoms with Crippen molar-refractivity contribution in [3.63, 3.8) is 0 Å². The van der Waals surface area contributed by atoms with E-state index in [0.717, 1.165) is 24.3 Å². The van der Waals surface area contributed by atoms with Gasteiger partial charge in [-0.25, -0.2) is 0 Å². The number of hydrogen-bond acceptors (Lipinski definition) is 3. The van der Waals surface area contributed by atoms with E-state index >= 15 is 0 Å². The van der Waals surface area contributed by atoms with Crippen LogP contribution in [0.2, 0.25) is 0 Å². The van der Waals surface area contributed by atoms with Gasteiger partial charge in [0.15, 0.2) is 0 Å². The lowest BCUT2D eigenvalue weighted by atomic mass is 10.2. The van der Waals surface area contributed by atoms with Crippen LogP contribution in [-0.2, 0) is 9.47 Å². The van der Waals surface area contributed by atoms with Gasteiger partial charge < -0.3 is 9.47 Å². The molecule has 0 aromatic carbocycles. The molecule has 88 valence electrons. The van der Waals surface area contributed by atoms with E-state index in [-0.39, 0.29) is 6.10 Å². The molecule has 1 aliphatic heterocycles. The zero-order chi connectivity index (χ0) is 11.8. The number of hydrogen-bond donors (Lipinski definition) is 0. The number of allylic oxidation sites excluding steroid dienone is 2. The SMILES string of the molecule is C=CC(C)=NC1=C(C)CCC12OC[C@@H](C)O2. The molecule has 1 spiro atoms. The molecule has 0 amide bonds. The van der Waals surface area contributed by atoms with Crippen molar-refractivity contribution in [2.45, 2.75) is 45.5 Å². The summed E-state index contributed by atoms with van der Waals surface area (Å²) in [4.78, 5) is 4.57. The summed E-state index contributed by atoms with van der Waals surface area (Å²) in [6.45, 7) is 10.4. The van der Waals surface area contributed by atoms with Gasteiger partial charge in [0, 0.05) is 12.1 Å². The van der Waals surface area contributed by atoms with E-state index < -0.39 is 5.79 Å². The average molecular weight is 221 g/mol. The molecule has 16 heavy (non-hydrogen) atoms. The highest BCUT2D eigenvalue weighted by Gasteiger charge is 2.47. The Morgan fingerprint density at radius 1 is 1.62 bits per heavy atom. The molecule has 0 aromatic rings. The molecule has 0 bridgehead atoms. The quantitative estimate of drug-likeness (QED) is 0.671. The molecular formula is C13H19NO2. The van der Waals surface area contributed by atoms with Gasteiger partial charge in [0.05, 0.1) is 18.4 Å². The number of ether oxygens (including phenoxy) is 2. The Bertz CT molecular complexity index is 370. The highest BCUT2D eigenvalue weighted by Crippen LogP contribution is 2.44. The van der Waals surface area contributed by atoms with Crippen LogP contribution in [0, 0.1) is 0 Å². The van der Waals surface area contributed by atoms with Crippen molar-refractivity contribution >= 4 is 5.71 Å². The molecule has 1 unspecified atom stereocenters. The molecule has 1 saturated heterocycles. The first kappa shape index (κ1) is 11.6. The molecule has 1 aliphatic carbocycles. The van der Waals surface area contributed by atoms with E-state index in [0.29, 0.717) is 6.61 Å². The Morgan fingerprint density at radius 3 is 2.94 bits per heavy atom. The number of nitrogens with zero attached hydrogens (tertiary/aromatic N) is 1. The van der Waals surface area contributed by atoms with Crippen molar-refractivity contribution < 1.29 is 9.47 Å². The highest BCUT2D eigenvalue weighted by molar-refractivity contribution is 5.93. The highest BCUT2D eigenvalue weighted by atomic mass is 16.7. The lowest BCUT2D eigenvalue weighted by Crippen LogP contribution is -2.29. The molecule has 0 radical (unpaired) electrons. The fraction of sp³-hybridized carbons (Fsp3) is 0.615. The minimum atomic E-state index is -0.576. The van der Waals surface area contributed by atoms with Gasteiger partial charge in [0.2, 0.25) is 5.79 Å². The van der Waals surface area contributed by atoms with E-state index in [1.807, 2.05) is 13.8 Å². The third kappa shape index (κ3) is 1.85. The molecule has 0 N–H and O–H groups in total. The monoisotopic (exact) mass is 221 g/mol. The first-order chi connectivity index (χ1) is 7.57. The Labute approximate surface area is 96.9 Å². The van der Waals surface area contributed by atoms with Gasteiger partial charge in [-0.1, -0.05) is 6.58 Å². The molecule has 0 saturated carbocycles. The lowest BCUT2D eigenvalue weighted by molar-refractivity contribution is -0.134. The van der Waals surface area contributed by atoms with Gasteiger partial charge in [0.1, 0.15) is 0 Å². The van der Waals surface area contributed by atoms with Gasteiger partial charge in [-0.05, 0) is 38.8 Å². The maximum absolute atomic E-state index is 5.92. The van der Waals surface area contributed by atoms with Crippen molar-refractivity contribution in [2.75, 3.05) is 6.61 Å². The summed E-state index contributed by atoms with van der Waals surface area (Å²) in [5, 5.41) is 0. The molecule has 1 heterocycles. The van der Waals surface area contributed by atoms with Gasteiger partial charge in [0.25, 0.3) is 0 Å². The summed E-state index contributed by atoms with van der Waals surface area (Å²) in [6.07, 6.45) is 3.78. The summed E-state index contributed by atoms with van der Waals surface area (Å²) in [5.41, 5.74) is 3.12. The standard InChI is InChI=1S/C13H19NO2/c1-5-10(3)14-12-9(2)6-7-13(12)15-8-11(4)16-13/h5,11H,1,6-8H2,2-4H3/t11-,13?/m1/s1. The molecule has 2 atom stereocenters. The zero-order valence-corrected chi connectivity index (χ0v) is 10.2. The third-order valence-electron chi connectivity index (χ3n) is 3.12. The summed E-state index contributed by atoms with van der Waals surface area (Å²) in [7, 11) is 0. The molecule has 0 aromatic heterocycles. The number of aliphatic imine (C=N–C) groups is 1. The molecular weight excluding hydrogens is 202 g/mol. The zero-order valence-electron chi connectivity index (χ0n) is 10.2. The van der Waals surface area contributed by atoms with Gasteiger partial charge >= 0.3 is 0 Å². The van der Waals surface area contributed by atoms with Crippen LogP contribution in [-0.4, -0.2) is 24.2 Å². The van der Waals surface area contributed by atoms with E-state index in [1.165, 1.54) is 5.57 Å². The van der Waals surface area contributed by atoms with E-state index in [4.69, 9.17) is 9.47 Å². The second-order valence-electron chi connectivity index (χ2n) is 4.58. The van der Waals surface area contributed by atoms with Gasteiger partial charge in [-0.15, -0.1) is 0 Å². The van der Waals surface area contributed by atoms with Crippen molar-refractivity contribution in [3.8, 4) is 0 Å². The first-order valence-corrected chi connectivity index (χ1v) is 5.77. The van der Waals surface area contributed by atoms with Crippen molar-refractivity contribution in [1.29, 1.82) is 0 Å². The minimum absolute atomic E-state index is 0.153. The number of rotatable bonds is 2. The molecule has 3 nitrogen and oxygen atoms in total. The summed E-state index contributed by atoms with van der Waals surface area (Å²) < 4.78 is 11.7. The smallest absolute Gasteiger partial charge is 0.212 e. The Kier molecular flexibility index (Phi) is 3.00. The normalized spacial score (nSPS) is 35.2.